The number of benzene rings is 1. The van der Waals surface area contributed by atoms with Gasteiger partial charge in [0.1, 0.15) is 5.83 Å². The Balaban J connectivity index is 2.36. The molecule has 0 bridgehead atoms. The fourth-order valence-corrected chi connectivity index (χ4v) is 2.57. The SMILES string of the molecule is O=C([O-])/C(=C(\F)c1ccccc1)C1CCCCC1. The van der Waals surface area contributed by atoms with Gasteiger partial charge in [0.2, 0.25) is 0 Å². The van der Waals surface area contributed by atoms with Gasteiger partial charge in [-0.1, -0.05) is 49.6 Å². The highest BCUT2D eigenvalue weighted by Gasteiger charge is 2.22. The molecule has 1 aromatic rings. The van der Waals surface area contributed by atoms with Gasteiger partial charge < -0.3 is 9.90 Å². The molecule has 0 aliphatic heterocycles. The van der Waals surface area contributed by atoms with Crippen molar-refractivity contribution < 1.29 is 14.3 Å². The van der Waals surface area contributed by atoms with E-state index in [1.165, 1.54) is 0 Å². The summed E-state index contributed by atoms with van der Waals surface area (Å²) < 4.78 is 14.3. The number of carbonyl (C=O) groups excluding carboxylic acids is 1. The monoisotopic (exact) mass is 247 g/mol. The van der Waals surface area contributed by atoms with E-state index >= 15 is 0 Å². The molecule has 0 spiro atoms. The van der Waals surface area contributed by atoms with Crippen LogP contribution in [0.15, 0.2) is 35.9 Å². The van der Waals surface area contributed by atoms with Crippen LogP contribution in [0.2, 0.25) is 0 Å². The van der Waals surface area contributed by atoms with E-state index in [0.29, 0.717) is 5.56 Å². The molecule has 0 aromatic heterocycles. The first-order chi connectivity index (χ1) is 8.70. The predicted octanol–water partition coefficient (Wildman–Crippen LogP) is 2.70. The van der Waals surface area contributed by atoms with Gasteiger partial charge in [0.25, 0.3) is 0 Å². The minimum atomic E-state index is -1.37. The Kier molecular flexibility index (Phi) is 4.13. The molecule has 1 aliphatic rings. The summed E-state index contributed by atoms with van der Waals surface area (Å²) >= 11 is 0. The lowest BCUT2D eigenvalue weighted by molar-refractivity contribution is -0.300. The largest absolute Gasteiger partial charge is 0.545 e. The minimum Gasteiger partial charge on any atom is -0.545 e. The van der Waals surface area contributed by atoms with E-state index in [9.17, 15) is 14.3 Å². The number of halogens is 1. The number of rotatable bonds is 3. The zero-order valence-corrected chi connectivity index (χ0v) is 10.2. The zero-order valence-electron chi connectivity index (χ0n) is 10.2. The van der Waals surface area contributed by atoms with Gasteiger partial charge in [0.15, 0.2) is 0 Å². The molecule has 3 heteroatoms. The predicted molar refractivity (Wildman–Crippen MR) is 66.1 cm³/mol. The summed E-state index contributed by atoms with van der Waals surface area (Å²) in [6.07, 6.45) is 4.50. The van der Waals surface area contributed by atoms with Crippen molar-refractivity contribution in [2.45, 2.75) is 32.1 Å². The summed E-state index contributed by atoms with van der Waals surface area (Å²) in [7, 11) is 0. The maximum absolute atomic E-state index is 14.3. The standard InChI is InChI=1S/C15H17FO2/c16-14(12-9-5-2-6-10-12)13(15(17)18)11-7-3-1-4-8-11/h2,5-6,9-11H,1,3-4,7-8H2,(H,17,18)/p-1/b14-13-. The molecule has 1 fully saturated rings. The molecule has 2 rings (SSSR count). The minimum absolute atomic E-state index is 0.152. The Hall–Kier alpha value is -1.64. The first-order valence-electron chi connectivity index (χ1n) is 6.36. The van der Waals surface area contributed by atoms with Crippen LogP contribution in [0.5, 0.6) is 0 Å². The van der Waals surface area contributed by atoms with E-state index < -0.39 is 11.8 Å². The third kappa shape index (κ3) is 2.78. The summed E-state index contributed by atoms with van der Waals surface area (Å²) in [6.45, 7) is 0. The van der Waals surface area contributed by atoms with Gasteiger partial charge >= 0.3 is 0 Å². The van der Waals surface area contributed by atoms with E-state index in [4.69, 9.17) is 0 Å². The quantitative estimate of drug-likeness (QED) is 0.770. The highest BCUT2D eigenvalue weighted by atomic mass is 19.1. The Morgan fingerprint density at radius 3 is 2.28 bits per heavy atom. The van der Waals surface area contributed by atoms with Crippen LogP contribution in [-0.4, -0.2) is 5.97 Å². The van der Waals surface area contributed by atoms with Crippen molar-refractivity contribution in [3.05, 3.63) is 41.5 Å². The Labute approximate surface area is 106 Å². The number of carboxylic acids is 1. The molecule has 1 aromatic carbocycles. The van der Waals surface area contributed by atoms with Crippen LogP contribution >= 0.6 is 0 Å². The number of aliphatic carboxylic acids is 1. The average molecular weight is 247 g/mol. The first-order valence-corrected chi connectivity index (χ1v) is 6.36. The Bertz CT molecular complexity index is 445. The first kappa shape index (κ1) is 12.8. The van der Waals surface area contributed by atoms with Gasteiger partial charge in [-0.25, -0.2) is 4.39 Å². The third-order valence-corrected chi connectivity index (χ3v) is 3.50. The molecule has 2 nitrogen and oxygen atoms in total. The van der Waals surface area contributed by atoms with Gasteiger partial charge in [0, 0.05) is 11.1 Å². The van der Waals surface area contributed by atoms with Gasteiger partial charge in [-0.15, -0.1) is 0 Å². The van der Waals surface area contributed by atoms with E-state index in [1.807, 2.05) is 0 Å². The normalized spacial score (nSPS) is 18.3. The summed E-state index contributed by atoms with van der Waals surface area (Å²) in [4.78, 5) is 11.2. The van der Waals surface area contributed by atoms with E-state index in [0.717, 1.165) is 32.1 Å². The highest BCUT2D eigenvalue weighted by molar-refractivity contribution is 5.93. The molecule has 0 atom stereocenters. The smallest absolute Gasteiger partial charge is 0.135 e. The topological polar surface area (TPSA) is 40.1 Å². The summed E-state index contributed by atoms with van der Waals surface area (Å²) in [5, 5.41) is 11.2. The van der Waals surface area contributed by atoms with Gasteiger partial charge in [0.05, 0.1) is 5.97 Å². The molecular weight excluding hydrogens is 231 g/mol. The number of carboxylic acid groups (broad SMARTS) is 1. The van der Waals surface area contributed by atoms with Crippen LogP contribution in [0.25, 0.3) is 5.83 Å². The van der Waals surface area contributed by atoms with Crippen LogP contribution in [0, 0.1) is 5.92 Å². The fraction of sp³-hybridized carbons (Fsp3) is 0.400. The van der Waals surface area contributed by atoms with Crippen molar-refractivity contribution in [2.24, 2.45) is 5.92 Å². The molecule has 0 unspecified atom stereocenters. The Morgan fingerprint density at radius 1 is 1.11 bits per heavy atom. The molecule has 0 saturated heterocycles. The third-order valence-electron chi connectivity index (χ3n) is 3.50. The second-order valence-electron chi connectivity index (χ2n) is 4.72. The molecule has 1 aliphatic carbocycles. The van der Waals surface area contributed by atoms with E-state index in [1.54, 1.807) is 30.3 Å². The van der Waals surface area contributed by atoms with Crippen LogP contribution < -0.4 is 5.11 Å². The van der Waals surface area contributed by atoms with Crippen LogP contribution in [0.3, 0.4) is 0 Å². The van der Waals surface area contributed by atoms with Crippen molar-refractivity contribution in [2.75, 3.05) is 0 Å². The number of hydrogen-bond donors (Lipinski definition) is 0. The lowest BCUT2D eigenvalue weighted by Gasteiger charge is -2.25. The molecule has 96 valence electrons. The maximum Gasteiger partial charge on any atom is 0.135 e. The van der Waals surface area contributed by atoms with Crippen molar-refractivity contribution in [1.29, 1.82) is 0 Å². The fourth-order valence-electron chi connectivity index (χ4n) is 2.57. The molecule has 1 saturated carbocycles. The van der Waals surface area contributed by atoms with Crippen molar-refractivity contribution >= 4 is 11.8 Å². The van der Waals surface area contributed by atoms with E-state index in [2.05, 4.69) is 0 Å². The molecule has 0 heterocycles. The molecule has 0 radical (unpaired) electrons. The average Bonchev–Trinajstić information content (AvgIpc) is 2.40. The lowest BCUT2D eigenvalue weighted by Crippen LogP contribution is -2.30. The molecular formula is C15H16FO2-. The summed E-state index contributed by atoms with van der Waals surface area (Å²) in [6, 6.07) is 8.34. The van der Waals surface area contributed by atoms with Crippen LogP contribution in [0.1, 0.15) is 37.7 Å². The maximum atomic E-state index is 14.3. The van der Waals surface area contributed by atoms with Gasteiger partial charge in [-0.05, 0) is 18.8 Å². The molecule has 0 amide bonds. The van der Waals surface area contributed by atoms with Crippen LogP contribution in [0.4, 0.5) is 4.39 Å². The van der Waals surface area contributed by atoms with Gasteiger partial charge in [-0.2, -0.15) is 0 Å². The van der Waals surface area contributed by atoms with Crippen molar-refractivity contribution in [3.63, 3.8) is 0 Å². The zero-order chi connectivity index (χ0) is 13.0. The number of carbonyl (C=O) groups is 1. The highest BCUT2D eigenvalue weighted by Crippen LogP contribution is 2.34. The lowest BCUT2D eigenvalue weighted by atomic mass is 9.82. The van der Waals surface area contributed by atoms with E-state index in [-0.39, 0.29) is 11.5 Å². The summed E-state index contributed by atoms with van der Waals surface area (Å²) in [5.41, 5.74) is 0.170. The van der Waals surface area contributed by atoms with Crippen molar-refractivity contribution in [1.82, 2.24) is 0 Å². The van der Waals surface area contributed by atoms with Gasteiger partial charge in [-0.3, -0.25) is 0 Å². The summed E-state index contributed by atoms with van der Waals surface area (Å²) in [5.74, 6) is -2.21. The Morgan fingerprint density at radius 2 is 1.72 bits per heavy atom. The number of hydrogen-bond acceptors (Lipinski definition) is 2. The second-order valence-corrected chi connectivity index (χ2v) is 4.72. The van der Waals surface area contributed by atoms with Crippen LogP contribution in [-0.2, 0) is 4.79 Å². The second kappa shape index (κ2) is 5.80. The molecule has 0 N–H and O–H groups in total. The van der Waals surface area contributed by atoms with Crippen molar-refractivity contribution in [3.8, 4) is 0 Å². The molecule has 18 heavy (non-hydrogen) atoms.